The van der Waals surface area contributed by atoms with Crippen molar-refractivity contribution in [2.24, 2.45) is 5.92 Å². The minimum absolute atomic E-state index is 0.0843. The van der Waals surface area contributed by atoms with Crippen LogP contribution in [-0.4, -0.2) is 16.8 Å². The molecule has 0 saturated heterocycles. The van der Waals surface area contributed by atoms with Crippen molar-refractivity contribution in [3.05, 3.63) is 41.5 Å². The number of carbonyl (C=O) groups is 2. The maximum absolute atomic E-state index is 14.2. The lowest BCUT2D eigenvalue weighted by Gasteiger charge is -2.06. The fourth-order valence-electron chi connectivity index (χ4n) is 2.73. The predicted octanol–water partition coefficient (Wildman–Crippen LogP) is 4.20. The molecule has 1 atom stereocenters. The van der Waals surface area contributed by atoms with E-state index in [2.05, 4.69) is 27.8 Å². The molecule has 3 rings (SSSR count). The Balaban J connectivity index is 1.67. The molecule has 0 aliphatic heterocycles. The van der Waals surface area contributed by atoms with Crippen LogP contribution in [0.15, 0.2) is 35.7 Å². The number of anilines is 2. The minimum Gasteiger partial charge on any atom is -0.326 e. The van der Waals surface area contributed by atoms with Gasteiger partial charge in [-0.1, -0.05) is 12.2 Å². The first-order chi connectivity index (χ1) is 12.0. The molecule has 1 heterocycles. The van der Waals surface area contributed by atoms with Crippen molar-refractivity contribution in [3.8, 4) is 11.3 Å². The smallest absolute Gasteiger partial charge is 0.226 e. The lowest BCUT2D eigenvalue weighted by molar-refractivity contribution is -0.117. The van der Waals surface area contributed by atoms with Gasteiger partial charge in [-0.3, -0.25) is 9.59 Å². The lowest BCUT2D eigenvalue weighted by Crippen LogP contribution is -2.14. The maximum atomic E-state index is 14.2. The van der Waals surface area contributed by atoms with Crippen molar-refractivity contribution < 1.29 is 14.0 Å². The third kappa shape index (κ3) is 4.51. The van der Waals surface area contributed by atoms with E-state index in [4.69, 9.17) is 0 Å². The highest BCUT2D eigenvalue weighted by molar-refractivity contribution is 7.14. The Morgan fingerprint density at radius 1 is 1.36 bits per heavy atom. The molecule has 1 aromatic carbocycles. The molecule has 130 valence electrons. The predicted molar refractivity (Wildman–Crippen MR) is 96.9 cm³/mol. The summed E-state index contributed by atoms with van der Waals surface area (Å²) in [7, 11) is 0. The monoisotopic (exact) mass is 359 g/mol. The molecule has 1 aliphatic rings. The molecule has 1 aromatic heterocycles. The lowest BCUT2D eigenvalue weighted by atomic mass is 10.1. The highest BCUT2D eigenvalue weighted by atomic mass is 32.1. The van der Waals surface area contributed by atoms with Gasteiger partial charge in [0.05, 0.1) is 5.69 Å². The molecule has 2 amide bonds. The van der Waals surface area contributed by atoms with Crippen LogP contribution < -0.4 is 10.6 Å². The molecule has 25 heavy (non-hydrogen) atoms. The van der Waals surface area contributed by atoms with Crippen LogP contribution in [0.25, 0.3) is 11.3 Å². The summed E-state index contributed by atoms with van der Waals surface area (Å²) in [4.78, 5) is 27.3. The fraction of sp³-hybridized carbons (Fsp3) is 0.278. The summed E-state index contributed by atoms with van der Waals surface area (Å²) < 4.78 is 14.2. The van der Waals surface area contributed by atoms with E-state index in [1.54, 1.807) is 17.5 Å². The Hall–Kier alpha value is -2.54. The molecule has 0 unspecified atom stereocenters. The number of allylic oxidation sites excluding steroid dienone is 2. The van der Waals surface area contributed by atoms with Crippen LogP contribution in [-0.2, 0) is 9.59 Å². The van der Waals surface area contributed by atoms with Crippen molar-refractivity contribution in [2.45, 2.75) is 26.2 Å². The molecule has 0 fully saturated rings. The second-order valence-corrected chi connectivity index (χ2v) is 6.79. The number of aromatic nitrogens is 1. The number of hydrogen-bond donors (Lipinski definition) is 2. The number of benzene rings is 1. The summed E-state index contributed by atoms with van der Waals surface area (Å²) in [6, 6.07) is 4.43. The van der Waals surface area contributed by atoms with Gasteiger partial charge in [0, 0.05) is 30.0 Å². The second-order valence-electron chi connectivity index (χ2n) is 5.93. The molecule has 0 saturated carbocycles. The molecular formula is C18H18FN3O2S. The van der Waals surface area contributed by atoms with Crippen LogP contribution in [0, 0.1) is 11.7 Å². The van der Waals surface area contributed by atoms with Crippen LogP contribution in [0.2, 0.25) is 0 Å². The van der Waals surface area contributed by atoms with Crippen LogP contribution in [0.3, 0.4) is 0 Å². The van der Waals surface area contributed by atoms with E-state index in [9.17, 15) is 14.0 Å². The molecule has 0 bridgehead atoms. The van der Waals surface area contributed by atoms with Crippen molar-refractivity contribution >= 4 is 34.0 Å². The Morgan fingerprint density at radius 3 is 2.88 bits per heavy atom. The number of halogens is 1. The zero-order valence-corrected chi connectivity index (χ0v) is 14.5. The van der Waals surface area contributed by atoms with Crippen LogP contribution in [0.4, 0.5) is 15.2 Å². The summed E-state index contributed by atoms with van der Waals surface area (Å²) in [5.74, 6) is -0.537. The number of carbonyl (C=O) groups excluding carboxylic acids is 2. The van der Waals surface area contributed by atoms with Gasteiger partial charge in [0.1, 0.15) is 5.82 Å². The summed E-state index contributed by atoms with van der Waals surface area (Å²) in [5, 5.41) is 7.45. The van der Waals surface area contributed by atoms with Crippen LogP contribution in [0.1, 0.15) is 26.2 Å². The summed E-state index contributed by atoms with van der Waals surface area (Å²) in [6.45, 7) is 1.36. The van der Waals surface area contributed by atoms with E-state index < -0.39 is 5.82 Å². The third-order valence-electron chi connectivity index (χ3n) is 3.88. The van der Waals surface area contributed by atoms with Gasteiger partial charge in [0.2, 0.25) is 11.8 Å². The molecule has 2 N–H and O–H groups in total. The van der Waals surface area contributed by atoms with E-state index in [1.165, 1.54) is 24.3 Å². The van der Waals surface area contributed by atoms with Gasteiger partial charge < -0.3 is 10.6 Å². The van der Waals surface area contributed by atoms with Crippen LogP contribution >= 0.6 is 11.3 Å². The van der Waals surface area contributed by atoms with Gasteiger partial charge in [-0.05, 0) is 37.0 Å². The SMILES string of the molecule is CC(=O)Nc1ccc(-c2csc(NC(=O)C[C@H]3C=CCC3)n2)c(F)c1. The fourth-order valence-corrected chi connectivity index (χ4v) is 3.46. The third-order valence-corrected chi connectivity index (χ3v) is 4.63. The average molecular weight is 359 g/mol. The average Bonchev–Trinajstić information content (AvgIpc) is 3.19. The first-order valence-electron chi connectivity index (χ1n) is 8.01. The normalized spacial score (nSPS) is 16.0. The highest BCUT2D eigenvalue weighted by Crippen LogP contribution is 2.29. The number of hydrogen-bond acceptors (Lipinski definition) is 4. The van der Waals surface area contributed by atoms with Crippen LogP contribution in [0.5, 0.6) is 0 Å². The second kappa shape index (κ2) is 7.57. The number of nitrogens with zero attached hydrogens (tertiary/aromatic N) is 1. The standard InChI is InChI=1S/C18H18FN3O2S/c1-11(23)20-13-6-7-14(15(19)9-13)16-10-25-18(21-16)22-17(24)8-12-4-2-3-5-12/h2,4,6-7,9-10,12H,3,5,8H2,1H3,(H,20,23)(H,21,22,24)/t12-/m0/s1. The number of thiazole rings is 1. The number of rotatable bonds is 5. The quantitative estimate of drug-likeness (QED) is 0.786. The van der Waals surface area contributed by atoms with Gasteiger partial charge in [-0.15, -0.1) is 11.3 Å². The molecule has 7 heteroatoms. The van der Waals surface area contributed by atoms with E-state index in [1.807, 2.05) is 0 Å². The summed E-state index contributed by atoms with van der Waals surface area (Å²) in [5.41, 5.74) is 1.17. The first kappa shape index (κ1) is 17.3. The van der Waals surface area contributed by atoms with E-state index in [0.717, 1.165) is 12.8 Å². The van der Waals surface area contributed by atoms with Gasteiger partial charge in [0.15, 0.2) is 5.13 Å². The molecule has 0 radical (unpaired) electrons. The maximum Gasteiger partial charge on any atom is 0.226 e. The molecular weight excluding hydrogens is 341 g/mol. The van der Waals surface area contributed by atoms with E-state index >= 15 is 0 Å². The van der Waals surface area contributed by atoms with Crippen molar-refractivity contribution in [1.82, 2.24) is 4.98 Å². The number of amides is 2. The molecule has 5 nitrogen and oxygen atoms in total. The van der Waals surface area contributed by atoms with Gasteiger partial charge in [-0.2, -0.15) is 0 Å². The summed E-state index contributed by atoms with van der Waals surface area (Å²) in [6.07, 6.45) is 6.62. The number of nitrogens with one attached hydrogen (secondary N) is 2. The topological polar surface area (TPSA) is 71.1 Å². The van der Waals surface area contributed by atoms with E-state index in [-0.39, 0.29) is 17.7 Å². The Bertz CT molecular complexity index is 831. The largest absolute Gasteiger partial charge is 0.326 e. The van der Waals surface area contributed by atoms with E-state index in [0.29, 0.717) is 28.5 Å². The molecule has 2 aromatic rings. The Morgan fingerprint density at radius 2 is 2.20 bits per heavy atom. The first-order valence-corrected chi connectivity index (χ1v) is 8.89. The zero-order chi connectivity index (χ0) is 17.8. The Kier molecular flexibility index (Phi) is 5.23. The summed E-state index contributed by atoms with van der Waals surface area (Å²) >= 11 is 1.26. The van der Waals surface area contributed by atoms with Gasteiger partial charge in [0.25, 0.3) is 0 Å². The Labute approximate surface area is 149 Å². The van der Waals surface area contributed by atoms with Gasteiger partial charge >= 0.3 is 0 Å². The zero-order valence-electron chi connectivity index (χ0n) is 13.7. The molecule has 1 aliphatic carbocycles. The highest BCUT2D eigenvalue weighted by Gasteiger charge is 2.16. The van der Waals surface area contributed by atoms with Crippen molar-refractivity contribution in [1.29, 1.82) is 0 Å². The minimum atomic E-state index is -0.481. The molecule has 0 spiro atoms. The van der Waals surface area contributed by atoms with Gasteiger partial charge in [-0.25, -0.2) is 9.37 Å². The van der Waals surface area contributed by atoms with Crippen molar-refractivity contribution in [3.63, 3.8) is 0 Å². The van der Waals surface area contributed by atoms with Crippen molar-refractivity contribution in [2.75, 3.05) is 10.6 Å².